The highest BCUT2D eigenvalue weighted by molar-refractivity contribution is 5.94. The van der Waals surface area contributed by atoms with Gasteiger partial charge in [-0.1, -0.05) is 12.1 Å². The molecular formula is C18H23Cl2FN4O. The highest BCUT2D eigenvalue weighted by atomic mass is 35.5. The first kappa shape index (κ1) is 22.2. The van der Waals surface area contributed by atoms with E-state index in [1.54, 1.807) is 23.2 Å². The van der Waals surface area contributed by atoms with Crippen LogP contribution in [0.25, 0.3) is 0 Å². The van der Waals surface area contributed by atoms with Crippen molar-refractivity contribution in [2.45, 2.75) is 6.04 Å². The molecule has 1 unspecified atom stereocenters. The van der Waals surface area contributed by atoms with Crippen molar-refractivity contribution in [3.05, 3.63) is 59.5 Å². The standard InChI is InChI=1S/C18H21FN4O.2ClH/c1-22(2)17-7-6-14(11-21-17)18(24)23-9-8-20-12-16(23)13-4-3-5-15(19)10-13;;/h3-7,10-11,16,20H,8-9,12H2,1-2H3;2*1H. The molecule has 2 aromatic rings. The zero-order chi connectivity index (χ0) is 17.1. The number of nitrogens with one attached hydrogen (secondary N) is 1. The van der Waals surface area contributed by atoms with Crippen molar-refractivity contribution in [3.8, 4) is 0 Å². The predicted molar refractivity (Wildman–Crippen MR) is 106 cm³/mol. The molecule has 1 N–H and O–H groups in total. The normalized spacial score (nSPS) is 16.3. The van der Waals surface area contributed by atoms with Crippen molar-refractivity contribution in [1.82, 2.24) is 15.2 Å². The van der Waals surface area contributed by atoms with Crippen LogP contribution in [0.5, 0.6) is 0 Å². The van der Waals surface area contributed by atoms with E-state index in [0.29, 0.717) is 18.7 Å². The summed E-state index contributed by atoms with van der Waals surface area (Å²) in [7, 11) is 3.81. The molecule has 1 saturated heterocycles. The van der Waals surface area contributed by atoms with Crippen LogP contribution in [0.3, 0.4) is 0 Å². The van der Waals surface area contributed by atoms with E-state index in [9.17, 15) is 9.18 Å². The lowest BCUT2D eigenvalue weighted by Crippen LogP contribution is -2.48. The lowest BCUT2D eigenvalue weighted by Gasteiger charge is -2.36. The van der Waals surface area contributed by atoms with Gasteiger partial charge in [-0.05, 0) is 29.8 Å². The Morgan fingerprint density at radius 3 is 2.65 bits per heavy atom. The smallest absolute Gasteiger partial charge is 0.256 e. The second-order valence-corrected chi connectivity index (χ2v) is 6.07. The zero-order valence-electron chi connectivity index (χ0n) is 14.7. The molecule has 0 spiro atoms. The molecule has 26 heavy (non-hydrogen) atoms. The quantitative estimate of drug-likeness (QED) is 0.860. The molecule has 8 heteroatoms. The van der Waals surface area contributed by atoms with Crippen molar-refractivity contribution < 1.29 is 9.18 Å². The third-order valence-electron chi connectivity index (χ3n) is 4.19. The fourth-order valence-electron chi connectivity index (χ4n) is 2.90. The third-order valence-corrected chi connectivity index (χ3v) is 4.19. The van der Waals surface area contributed by atoms with Gasteiger partial charge in [0.2, 0.25) is 0 Å². The molecule has 1 aliphatic heterocycles. The molecule has 1 amide bonds. The Balaban J connectivity index is 0.00000169. The largest absolute Gasteiger partial charge is 0.363 e. The second kappa shape index (κ2) is 9.71. The van der Waals surface area contributed by atoms with Crippen LogP contribution in [0.4, 0.5) is 10.2 Å². The number of hydrogen-bond acceptors (Lipinski definition) is 4. The Morgan fingerprint density at radius 1 is 1.27 bits per heavy atom. The highest BCUT2D eigenvalue weighted by Crippen LogP contribution is 2.25. The minimum atomic E-state index is -0.289. The number of piperazine rings is 1. The summed E-state index contributed by atoms with van der Waals surface area (Å²) in [6.07, 6.45) is 1.60. The Hall–Kier alpha value is -1.89. The predicted octanol–water partition coefficient (Wildman–Crippen LogP) is 2.92. The van der Waals surface area contributed by atoms with E-state index in [-0.39, 0.29) is 42.6 Å². The SMILES string of the molecule is CN(C)c1ccc(C(=O)N2CCNCC2c2cccc(F)c2)cn1.Cl.Cl. The Morgan fingerprint density at radius 2 is 2.04 bits per heavy atom. The summed E-state index contributed by atoms with van der Waals surface area (Å²) < 4.78 is 13.6. The van der Waals surface area contributed by atoms with E-state index < -0.39 is 0 Å². The van der Waals surface area contributed by atoms with E-state index in [0.717, 1.165) is 17.9 Å². The maximum Gasteiger partial charge on any atom is 0.256 e. The van der Waals surface area contributed by atoms with Crippen molar-refractivity contribution in [1.29, 1.82) is 0 Å². The fourth-order valence-corrected chi connectivity index (χ4v) is 2.90. The average molecular weight is 401 g/mol. The Kier molecular flexibility index (Phi) is 8.27. The van der Waals surface area contributed by atoms with Gasteiger partial charge in [-0.2, -0.15) is 0 Å². The van der Waals surface area contributed by atoms with Crippen LogP contribution in [-0.2, 0) is 0 Å². The molecule has 0 aliphatic carbocycles. The summed E-state index contributed by atoms with van der Waals surface area (Å²) in [4.78, 5) is 20.9. The lowest BCUT2D eigenvalue weighted by atomic mass is 10.0. The van der Waals surface area contributed by atoms with Crippen LogP contribution in [0.15, 0.2) is 42.6 Å². The number of carbonyl (C=O) groups is 1. The highest BCUT2D eigenvalue weighted by Gasteiger charge is 2.29. The molecule has 1 aromatic carbocycles. The van der Waals surface area contributed by atoms with E-state index in [1.807, 2.05) is 31.1 Å². The van der Waals surface area contributed by atoms with Crippen molar-refractivity contribution in [3.63, 3.8) is 0 Å². The van der Waals surface area contributed by atoms with Crippen LogP contribution in [-0.4, -0.2) is 49.5 Å². The molecule has 5 nitrogen and oxygen atoms in total. The van der Waals surface area contributed by atoms with Crippen LogP contribution >= 0.6 is 24.8 Å². The Labute approximate surface area is 165 Å². The summed E-state index contributed by atoms with van der Waals surface area (Å²) in [5.74, 6) is 0.430. The van der Waals surface area contributed by atoms with Gasteiger partial charge in [-0.15, -0.1) is 24.8 Å². The molecule has 0 saturated carbocycles. The lowest BCUT2D eigenvalue weighted by molar-refractivity contribution is 0.0633. The number of amides is 1. The number of nitrogens with zero attached hydrogens (tertiary/aromatic N) is 3. The number of anilines is 1. The number of halogens is 3. The molecule has 1 aromatic heterocycles. The summed E-state index contributed by atoms with van der Waals surface area (Å²) in [5, 5.41) is 3.27. The molecular weight excluding hydrogens is 378 g/mol. The van der Waals surface area contributed by atoms with Gasteiger partial charge in [0.05, 0.1) is 11.6 Å². The van der Waals surface area contributed by atoms with Crippen molar-refractivity contribution >= 4 is 36.5 Å². The second-order valence-electron chi connectivity index (χ2n) is 6.07. The van der Waals surface area contributed by atoms with Crippen LogP contribution < -0.4 is 10.2 Å². The van der Waals surface area contributed by atoms with Gasteiger partial charge in [0.25, 0.3) is 5.91 Å². The van der Waals surface area contributed by atoms with E-state index in [1.165, 1.54) is 12.1 Å². The first-order valence-corrected chi connectivity index (χ1v) is 7.97. The van der Waals surface area contributed by atoms with Gasteiger partial charge in [0.15, 0.2) is 0 Å². The molecule has 1 aliphatic rings. The van der Waals surface area contributed by atoms with E-state index in [2.05, 4.69) is 10.3 Å². The maximum absolute atomic E-state index is 13.6. The number of hydrogen-bond donors (Lipinski definition) is 1. The number of benzene rings is 1. The molecule has 0 radical (unpaired) electrons. The fraction of sp³-hybridized carbons (Fsp3) is 0.333. The van der Waals surface area contributed by atoms with Gasteiger partial charge in [-0.25, -0.2) is 9.37 Å². The van der Waals surface area contributed by atoms with Crippen molar-refractivity contribution in [2.75, 3.05) is 38.6 Å². The minimum absolute atomic E-state index is 0. The number of rotatable bonds is 3. The van der Waals surface area contributed by atoms with Crippen LogP contribution in [0.2, 0.25) is 0 Å². The topological polar surface area (TPSA) is 48.5 Å². The first-order chi connectivity index (χ1) is 11.6. The molecule has 2 heterocycles. The summed E-state index contributed by atoms with van der Waals surface area (Å²) in [6, 6.07) is 9.86. The summed E-state index contributed by atoms with van der Waals surface area (Å²) >= 11 is 0. The number of carbonyl (C=O) groups excluding carboxylic acids is 1. The number of aromatic nitrogens is 1. The number of pyridine rings is 1. The molecule has 1 atom stereocenters. The monoisotopic (exact) mass is 400 g/mol. The van der Waals surface area contributed by atoms with Crippen molar-refractivity contribution in [2.24, 2.45) is 0 Å². The third kappa shape index (κ3) is 4.84. The van der Waals surface area contributed by atoms with E-state index in [4.69, 9.17) is 0 Å². The molecule has 0 bridgehead atoms. The molecule has 3 rings (SSSR count). The summed E-state index contributed by atoms with van der Waals surface area (Å²) in [5.41, 5.74) is 1.34. The van der Waals surface area contributed by atoms with Gasteiger partial charge < -0.3 is 15.1 Å². The van der Waals surface area contributed by atoms with Gasteiger partial charge >= 0.3 is 0 Å². The maximum atomic E-state index is 13.6. The van der Waals surface area contributed by atoms with Crippen LogP contribution in [0.1, 0.15) is 22.0 Å². The average Bonchev–Trinajstić information content (AvgIpc) is 2.61. The molecule has 1 fully saturated rings. The van der Waals surface area contributed by atoms with Gasteiger partial charge in [-0.3, -0.25) is 4.79 Å². The van der Waals surface area contributed by atoms with E-state index >= 15 is 0 Å². The minimum Gasteiger partial charge on any atom is -0.363 e. The zero-order valence-corrected chi connectivity index (χ0v) is 16.3. The molecule has 142 valence electrons. The van der Waals surface area contributed by atoms with Crippen LogP contribution in [0, 0.1) is 5.82 Å². The van der Waals surface area contributed by atoms with Gasteiger partial charge in [0, 0.05) is 39.9 Å². The Bertz CT molecular complexity index is 727. The summed E-state index contributed by atoms with van der Waals surface area (Å²) in [6.45, 7) is 1.91. The van der Waals surface area contributed by atoms with Gasteiger partial charge in [0.1, 0.15) is 11.6 Å². The first-order valence-electron chi connectivity index (χ1n) is 7.97.